The van der Waals surface area contributed by atoms with Crippen molar-refractivity contribution >= 4 is 29.7 Å². The first-order valence-corrected chi connectivity index (χ1v) is 8.95. The van der Waals surface area contributed by atoms with Crippen molar-refractivity contribution in [3.63, 3.8) is 0 Å². The second-order valence-corrected chi connectivity index (χ2v) is 7.11. The average Bonchev–Trinajstić information content (AvgIpc) is 3.06. The zero-order chi connectivity index (χ0) is 20.9. The highest BCUT2D eigenvalue weighted by molar-refractivity contribution is 8.00. The first-order chi connectivity index (χ1) is 12.9. The van der Waals surface area contributed by atoms with E-state index in [1.54, 1.807) is 5.32 Å². The molecule has 11 heteroatoms. The Morgan fingerprint density at radius 2 is 1.79 bits per heavy atom. The number of hydrogen-bond donors (Lipinski definition) is 1. The van der Waals surface area contributed by atoms with Crippen molar-refractivity contribution in [2.24, 2.45) is 0 Å². The van der Waals surface area contributed by atoms with Crippen LogP contribution in [0.1, 0.15) is 18.4 Å². The minimum atomic E-state index is -4.54. The van der Waals surface area contributed by atoms with E-state index >= 15 is 0 Å². The van der Waals surface area contributed by atoms with E-state index in [2.05, 4.69) is 0 Å². The molecule has 4 nitrogen and oxygen atoms in total. The summed E-state index contributed by atoms with van der Waals surface area (Å²) in [4.78, 5) is 25.4. The van der Waals surface area contributed by atoms with E-state index in [4.69, 9.17) is 0 Å². The summed E-state index contributed by atoms with van der Waals surface area (Å²) in [6.45, 7) is -1.24. The molecule has 28 heavy (non-hydrogen) atoms. The molecule has 1 heterocycles. The highest BCUT2D eigenvalue weighted by atomic mass is 32.2. The van der Waals surface area contributed by atoms with Gasteiger partial charge in [0.1, 0.15) is 12.6 Å². The Bertz CT molecular complexity index is 731. The smallest absolute Gasteiger partial charge is 0.345 e. The fourth-order valence-electron chi connectivity index (χ4n) is 2.65. The van der Waals surface area contributed by atoms with Crippen molar-refractivity contribution in [1.82, 2.24) is 10.2 Å². The number of carbonyl (C=O) groups excluding carboxylic acids is 2. The number of rotatable bonds is 5. The lowest BCUT2D eigenvalue weighted by Gasteiger charge is -2.23. The SMILES string of the molecule is O=C(NCC(F)(F)F)C1CCCN1C(=O)C=Cc1ccc(SC(F)(F)F)cc1. The molecule has 1 fully saturated rings. The van der Waals surface area contributed by atoms with Gasteiger partial charge in [0.2, 0.25) is 11.8 Å². The number of carbonyl (C=O) groups is 2. The van der Waals surface area contributed by atoms with E-state index in [-0.39, 0.29) is 29.6 Å². The fraction of sp³-hybridized carbons (Fsp3) is 0.412. The maximum Gasteiger partial charge on any atom is 0.446 e. The molecule has 1 N–H and O–H groups in total. The molecule has 0 radical (unpaired) electrons. The van der Waals surface area contributed by atoms with Crippen LogP contribution in [0.4, 0.5) is 26.3 Å². The standard InChI is InChI=1S/C17H16F6N2O2S/c18-16(19,20)10-24-15(27)13-2-1-9-25(13)14(26)8-5-11-3-6-12(7-4-11)28-17(21,22)23/h3-8,13H,1-2,9-10H2,(H,24,27). The van der Waals surface area contributed by atoms with E-state index in [9.17, 15) is 35.9 Å². The maximum absolute atomic E-state index is 12.3. The Balaban J connectivity index is 1.96. The normalized spacial score (nSPS) is 17.9. The van der Waals surface area contributed by atoms with Gasteiger partial charge in [-0.3, -0.25) is 9.59 Å². The lowest BCUT2D eigenvalue weighted by atomic mass is 10.2. The van der Waals surface area contributed by atoms with E-state index < -0.39 is 36.1 Å². The third-order valence-corrected chi connectivity index (χ3v) is 4.57. The van der Waals surface area contributed by atoms with Crippen LogP contribution in [0.2, 0.25) is 0 Å². The zero-order valence-corrected chi connectivity index (χ0v) is 15.1. The molecular formula is C17H16F6N2O2S. The summed E-state index contributed by atoms with van der Waals surface area (Å²) in [5.74, 6) is -1.43. The summed E-state index contributed by atoms with van der Waals surface area (Å²) >= 11 is -0.260. The van der Waals surface area contributed by atoms with E-state index in [0.717, 1.165) is 6.08 Å². The van der Waals surface area contributed by atoms with Crippen LogP contribution in [0.15, 0.2) is 35.2 Å². The number of alkyl halides is 6. The largest absolute Gasteiger partial charge is 0.446 e. The third kappa shape index (κ3) is 7.10. The fourth-order valence-corrected chi connectivity index (χ4v) is 3.19. The van der Waals surface area contributed by atoms with Gasteiger partial charge < -0.3 is 10.2 Å². The number of hydrogen-bond acceptors (Lipinski definition) is 3. The highest BCUT2D eigenvalue weighted by Gasteiger charge is 2.35. The maximum atomic E-state index is 12.3. The van der Waals surface area contributed by atoms with Gasteiger partial charge in [0.15, 0.2) is 0 Å². The molecule has 2 rings (SSSR count). The summed E-state index contributed by atoms with van der Waals surface area (Å²) in [5.41, 5.74) is -3.93. The van der Waals surface area contributed by atoms with Gasteiger partial charge in [-0.2, -0.15) is 26.3 Å². The summed E-state index contributed by atoms with van der Waals surface area (Å²) in [6.07, 6.45) is -1.30. The van der Waals surface area contributed by atoms with Crippen LogP contribution in [0.3, 0.4) is 0 Å². The second-order valence-electron chi connectivity index (χ2n) is 5.97. The lowest BCUT2D eigenvalue weighted by molar-refractivity contribution is -0.143. The van der Waals surface area contributed by atoms with Gasteiger partial charge >= 0.3 is 11.7 Å². The predicted molar refractivity (Wildman–Crippen MR) is 91.2 cm³/mol. The molecule has 0 saturated carbocycles. The van der Waals surface area contributed by atoms with Gasteiger partial charge in [-0.15, -0.1) is 0 Å². The highest BCUT2D eigenvalue weighted by Crippen LogP contribution is 2.36. The number of benzene rings is 1. The molecule has 1 aromatic carbocycles. The van der Waals surface area contributed by atoms with Crippen molar-refractivity contribution in [2.45, 2.75) is 35.5 Å². The first kappa shape index (κ1) is 22.1. The van der Waals surface area contributed by atoms with Gasteiger partial charge in [0, 0.05) is 17.5 Å². The molecule has 2 amide bonds. The van der Waals surface area contributed by atoms with Crippen LogP contribution in [0.5, 0.6) is 0 Å². The van der Waals surface area contributed by atoms with Crippen molar-refractivity contribution in [2.75, 3.05) is 13.1 Å². The summed E-state index contributed by atoms with van der Waals surface area (Å²) < 4.78 is 73.5. The monoisotopic (exact) mass is 426 g/mol. The molecule has 1 saturated heterocycles. The Labute approximate surface area is 160 Å². The van der Waals surface area contributed by atoms with Crippen molar-refractivity contribution in [1.29, 1.82) is 0 Å². The molecule has 0 aliphatic carbocycles. The lowest BCUT2D eigenvalue weighted by Crippen LogP contribution is -2.47. The molecule has 154 valence electrons. The molecule has 0 spiro atoms. The number of thioether (sulfide) groups is 1. The molecule has 1 aliphatic rings. The predicted octanol–water partition coefficient (Wildman–Crippen LogP) is 3.98. The van der Waals surface area contributed by atoms with Gasteiger partial charge in [0.25, 0.3) is 0 Å². The molecule has 0 aromatic heterocycles. The van der Waals surface area contributed by atoms with Gasteiger partial charge in [-0.1, -0.05) is 12.1 Å². The van der Waals surface area contributed by atoms with Gasteiger partial charge in [0.05, 0.1) is 0 Å². The van der Waals surface area contributed by atoms with E-state index in [0.29, 0.717) is 12.0 Å². The molecule has 1 atom stereocenters. The zero-order valence-electron chi connectivity index (χ0n) is 14.3. The van der Waals surface area contributed by atoms with Crippen molar-refractivity contribution < 1.29 is 35.9 Å². The van der Waals surface area contributed by atoms with E-state index in [1.807, 2.05) is 0 Å². The molecule has 1 aromatic rings. The summed E-state index contributed by atoms with van der Waals surface area (Å²) in [5, 5.41) is 1.77. The Morgan fingerprint density at radius 1 is 1.14 bits per heavy atom. The van der Waals surface area contributed by atoms with Crippen LogP contribution in [0.25, 0.3) is 6.08 Å². The van der Waals surface area contributed by atoms with Crippen LogP contribution < -0.4 is 5.32 Å². The Kier molecular flexibility index (Phi) is 7.02. The number of halogens is 6. The molecule has 1 unspecified atom stereocenters. The summed E-state index contributed by atoms with van der Waals surface area (Å²) in [6, 6.07) is 4.33. The Hall–Kier alpha value is -2.17. The van der Waals surface area contributed by atoms with Crippen molar-refractivity contribution in [3.8, 4) is 0 Å². The third-order valence-electron chi connectivity index (χ3n) is 3.83. The van der Waals surface area contributed by atoms with Crippen molar-refractivity contribution in [3.05, 3.63) is 35.9 Å². The number of amides is 2. The quantitative estimate of drug-likeness (QED) is 0.440. The topological polar surface area (TPSA) is 49.4 Å². The van der Waals surface area contributed by atoms with Crippen LogP contribution in [0, 0.1) is 0 Å². The van der Waals surface area contributed by atoms with Gasteiger partial charge in [-0.25, -0.2) is 0 Å². The molecular weight excluding hydrogens is 410 g/mol. The molecule has 0 bridgehead atoms. The average molecular weight is 426 g/mol. The first-order valence-electron chi connectivity index (χ1n) is 8.13. The summed E-state index contributed by atoms with van der Waals surface area (Å²) in [7, 11) is 0. The van der Waals surface area contributed by atoms with Crippen LogP contribution >= 0.6 is 11.8 Å². The second kappa shape index (κ2) is 8.89. The van der Waals surface area contributed by atoms with Crippen LogP contribution in [-0.2, 0) is 9.59 Å². The van der Waals surface area contributed by atoms with Crippen LogP contribution in [-0.4, -0.2) is 47.5 Å². The van der Waals surface area contributed by atoms with E-state index in [1.165, 1.54) is 35.2 Å². The minimum absolute atomic E-state index is 0.00285. The Morgan fingerprint density at radius 3 is 2.36 bits per heavy atom. The minimum Gasteiger partial charge on any atom is -0.345 e. The number of nitrogens with one attached hydrogen (secondary N) is 1. The molecule has 1 aliphatic heterocycles. The van der Waals surface area contributed by atoms with Gasteiger partial charge in [-0.05, 0) is 48.4 Å². The number of likely N-dealkylation sites (tertiary alicyclic amines) is 1. The number of nitrogens with zero attached hydrogens (tertiary/aromatic N) is 1.